The Balaban J connectivity index is 1.90. The van der Waals surface area contributed by atoms with Crippen LogP contribution in [-0.2, 0) is 9.78 Å². The van der Waals surface area contributed by atoms with Gasteiger partial charge in [-0.25, -0.2) is 9.78 Å². The molecule has 2 saturated carbocycles. The molecule has 0 spiro atoms. The maximum Gasteiger partial charge on any atom is 0.114 e. The standard InChI is InChI=1S/C12H18O2/c1-3-7-11-9(5-1)10-6-2-4-8-12(10)14-13-11/h11-12H,1-8H2/t11-,12+. The van der Waals surface area contributed by atoms with E-state index in [1.165, 1.54) is 51.4 Å². The van der Waals surface area contributed by atoms with Gasteiger partial charge in [-0.1, -0.05) is 12.8 Å². The average molecular weight is 194 g/mol. The zero-order valence-electron chi connectivity index (χ0n) is 8.63. The van der Waals surface area contributed by atoms with Gasteiger partial charge in [-0.3, -0.25) is 0 Å². The van der Waals surface area contributed by atoms with Crippen molar-refractivity contribution in [3.63, 3.8) is 0 Å². The fourth-order valence-corrected chi connectivity index (χ4v) is 3.04. The fraction of sp³-hybridized carbons (Fsp3) is 0.833. The minimum absolute atomic E-state index is 0.313. The molecule has 3 rings (SSSR count). The van der Waals surface area contributed by atoms with Gasteiger partial charge in [-0.2, -0.15) is 0 Å². The van der Waals surface area contributed by atoms with Crippen molar-refractivity contribution in [1.29, 1.82) is 0 Å². The third-order valence-corrected chi connectivity index (χ3v) is 3.80. The van der Waals surface area contributed by atoms with Crippen LogP contribution in [0.4, 0.5) is 0 Å². The molecule has 0 N–H and O–H groups in total. The molecule has 0 amide bonds. The average Bonchev–Trinajstić information content (AvgIpc) is 2.29. The lowest BCUT2D eigenvalue weighted by atomic mass is 9.81. The Kier molecular flexibility index (Phi) is 2.34. The number of hydrogen-bond acceptors (Lipinski definition) is 2. The predicted molar refractivity (Wildman–Crippen MR) is 53.7 cm³/mol. The van der Waals surface area contributed by atoms with Crippen molar-refractivity contribution in [2.75, 3.05) is 0 Å². The second-order valence-electron chi connectivity index (χ2n) is 4.71. The van der Waals surface area contributed by atoms with Crippen LogP contribution < -0.4 is 0 Å². The highest BCUT2D eigenvalue weighted by Gasteiger charge is 2.34. The van der Waals surface area contributed by atoms with E-state index in [9.17, 15) is 0 Å². The highest BCUT2D eigenvalue weighted by Crippen LogP contribution is 2.40. The molecule has 0 aromatic carbocycles. The molecule has 2 fully saturated rings. The van der Waals surface area contributed by atoms with Crippen molar-refractivity contribution >= 4 is 0 Å². The molecule has 78 valence electrons. The molecular weight excluding hydrogens is 176 g/mol. The minimum atomic E-state index is 0.313. The van der Waals surface area contributed by atoms with E-state index in [0.29, 0.717) is 12.2 Å². The molecule has 2 aliphatic carbocycles. The lowest BCUT2D eigenvalue weighted by Gasteiger charge is -2.37. The second kappa shape index (κ2) is 3.67. The second-order valence-corrected chi connectivity index (χ2v) is 4.71. The SMILES string of the molecule is C1CC[C@@H]2OO[C@@H]3CCCCC3=C2C1. The quantitative estimate of drug-likeness (QED) is 0.435. The summed E-state index contributed by atoms with van der Waals surface area (Å²) in [5.41, 5.74) is 3.21. The van der Waals surface area contributed by atoms with Crippen molar-refractivity contribution in [2.24, 2.45) is 0 Å². The van der Waals surface area contributed by atoms with E-state index >= 15 is 0 Å². The van der Waals surface area contributed by atoms with Gasteiger partial charge in [-0.15, -0.1) is 0 Å². The Bertz CT molecular complexity index is 231. The van der Waals surface area contributed by atoms with Gasteiger partial charge in [0.2, 0.25) is 0 Å². The largest absolute Gasteiger partial charge is 0.228 e. The molecule has 0 saturated heterocycles. The third kappa shape index (κ3) is 1.41. The van der Waals surface area contributed by atoms with Gasteiger partial charge in [0.25, 0.3) is 0 Å². The summed E-state index contributed by atoms with van der Waals surface area (Å²) in [7, 11) is 0. The summed E-state index contributed by atoms with van der Waals surface area (Å²) in [6, 6.07) is 0. The summed E-state index contributed by atoms with van der Waals surface area (Å²) in [6.45, 7) is 0. The molecule has 2 nitrogen and oxygen atoms in total. The van der Waals surface area contributed by atoms with Gasteiger partial charge >= 0.3 is 0 Å². The Morgan fingerprint density at radius 1 is 0.714 bits per heavy atom. The van der Waals surface area contributed by atoms with Gasteiger partial charge in [0.1, 0.15) is 12.2 Å². The molecule has 2 atom stereocenters. The summed E-state index contributed by atoms with van der Waals surface area (Å²) < 4.78 is 0. The van der Waals surface area contributed by atoms with Crippen molar-refractivity contribution in [3.8, 4) is 0 Å². The van der Waals surface area contributed by atoms with Crippen LogP contribution in [0.5, 0.6) is 0 Å². The van der Waals surface area contributed by atoms with Crippen LogP contribution >= 0.6 is 0 Å². The number of hydrogen-bond donors (Lipinski definition) is 0. The maximum absolute atomic E-state index is 5.49. The number of rotatable bonds is 0. The van der Waals surface area contributed by atoms with E-state index in [0.717, 1.165) is 0 Å². The van der Waals surface area contributed by atoms with Crippen LogP contribution in [-0.4, -0.2) is 12.2 Å². The van der Waals surface area contributed by atoms with Crippen molar-refractivity contribution in [1.82, 2.24) is 0 Å². The molecule has 0 radical (unpaired) electrons. The molecule has 1 heterocycles. The minimum Gasteiger partial charge on any atom is -0.228 e. The summed E-state index contributed by atoms with van der Waals surface area (Å²) in [4.78, 5) is 11.0. The van der Waals surface area contributed by atoms with E-state index < -0.39 is 0 Å². The van der Waals surface area contributed by atoms with Gasteiger partial charge in [0.05, 0.1) is 0 Å². The first-order valence-electron chi connectivity index (χ1n) is 5.99. The molecule has 0 bridgehead atoms. The van der Waals surface area contributed by atoms with E-state index in [-0.39, 0.29) is 0 Å². The van der Waals surface area contributed by atoms with E-state index in [2.05, 4.69) is 0 Å². The fourth-order valence-electron chi connectivity index (χ4n) is 3.04. The summed E-state index contributed by atoms with van der Waals surface area (Å²) in [5, 5.41) is 0. The normalized spacial score (nSPS) is 37.7. The Labute approximate surface area is 85.2 Å². The Morgan fingerprint density at radius 2 is 1.21 bits per heavy atom. The molecule has 3 aliphatic rings. The van der Waals surface area contributed by atoms with E-state index in [1.807, 2.05) is 0 Å². The Morgan fingerprint density at radius 3 is 1.71 bits per heavy atom. The Hall–Kier alpha value is -0.340. The van der Waals surface area contributed by atoms with E-state index in [4.69, 9.17) is 9.78 Å². The zero-order chi connectivity index (χ0) is 9.38. The van der Waals surface area contributed by atoms with Gasteiger partial charge in [-0.05, 0) is 49.7 Å². The summed E-state index contributed by atoms with van der Waals surface area (Å²) >= 11 is 0. The first-order valence-corrected chi connectivity index (χ1v) is 5.99. The highest BCUT2D eigenvalue weighted by molar-refractivity contribution is 5.26. The maximum atomic E-state index is 5.49. The van der Waals surface area contributed by atoms with Crippen molar-refractivity contribution < 1.29 is 9.78 Å². The predicted octanol–water partition coefficient (Wildman–Crippen LogP) is 3.13. The van der Waals surface area contributed by atoms with Crippen LogP contribution in [0.1, 0.15) is 51.4 Å². The topological polar surface area (TPSA) is 18.5 Å². The van der Waals surface area contributed by atoms with Crippen LogP contribution in [0, 0.1) is 0 Å². The lowest BCUT2D eigenvalue weighted by Crippen LogP contribution is -2.34. The monoisotopic (exact) mass is 194 g/mol. The molecule has 0 aromatic heterocycles. The molecule has 2 heteroatoms. The first-order chi connectivity index (χ1) is 6.95. The van der Waals surface area contributed by atoms with Crippen LogP contribution in [0.3, 0.4) is 0 Å². The van der Waals surface area contributed by atoms with E-state index in [1.54, 1.807) is 11.1 Å². The zero-order valence-corrected chi connectivity index (χ0v) is 8.63. The van der Waals surface area contributed by atoms with Gasteiger partial charge in [0, 0.05) is 0 Å². The highest BCUT2D eigenvalue weighted by atomic mass is 17.2. The lowest BCUT2D eigenvalue weighted by molar-refractivity contribution is -0.350. The third-order valence-electron chi connectivity index (χ3n) is 3.80. The van der Waals surface area contributed by atoms with Crippen molar-refractivity contribution in [2.45, 2.75) is 63.6 Å². The van der Waals surface area contributed by atoms with Gasteiger partial charge < -0.3 is 0 Å². The van der Waals surface area contributed by atoms with Crippen LogP contribution in [0.25, 0.3) is 0 Å². The molecular formula is C12H18O2. The molecule has 14 heavy (non-hydrogen) atoms. The van der Waals surface area contributed by atoms with Crippen LogP contribution in [0.2, 0.25) is 0 Å². The van der Waals surface area contributed by atoms with Crippen LogP contribution in [0.15, 0.2) is 11.1 Å². The molecule has 0 aromatic rings. The molecule has 0 unspecified atom stereocenters. The summed E-state index contributed by atoms with van der Waals surface area (Å²) in [5.74, 6) is 0. The van der Waals surface area contributed by atoms with Gasteiger partial charge in [0.15, 0.2) is 0 Å². The number of fused-ring (bicyclic) bond motifs is 2. The molecule has 1 aliphatic heterocycles. The summed E-state index contributed by atoms with van der Waals surface area (Å²) in [6.07, 6.45) is 10.8. The first kappa shape index (κ1) is 8.93. The van der Waals surface area contributed by atoms with Crippen molar-refractivity contribution in [3.05, 3.63) is 11.1 Å². The smallest absolute Gasteiger partial charge is 0.114 e.